The first-order valence-corrected chi connectivity index (χ1v) is 16.7. The molecule has 0 aromatic heterocycles. The molecule has 3 N–H and O–H groups in total. The summed E-state index contributed by atoms with van der Waals surface area (Å²) in [5.41, 5.74) is 0.723. The average molecular weight is 672 g/mol. The number of carbonyl (C=O) groups is 1. The van der Waals surface area contributed by atoms with Gasteiger partial charge in [-0.3, -0.25) is 24.4 Å². The molecule has 0 unspecified atom stereocenters. The maximum absolute atomic E-state index is 13.6. The first-order valence-electron chi connectivity index (χ1n) is 13.4. The van der Waals surface area contributed by atoms with Crippen molar-refractivity contribution in [1.82, 2.24) is 0 Å². The molecule has 0 bridgehead atoms. The van der Waals surface area contributed by atoms with Crippen molar-refractivity contribution in [3.63, 3.8) is 0 Å². The number of hydrogen-bond donors (Lipinski definition) is 3. The number of nitro groups is 1. The van der Waals surface area contributed by atoms with Gasteiger partial charge in [-0.15, -0.1) is 0 Å². The zero-order valence-electron chi connectivity index (χ0n) is 23.3. The first-order chi connectivity index (χ1) is 21.4. The number of para-hydroxylation sites is 1. The molecule has 1 fully saturated rings. The van der Waals surface area contributed by atoms with Gasteiger partial charge in [-0.2, -0.15) is 0 Å². The molecule has 0 radical (unpaired) electrons. The van der Waals surface area contributed by atoms with Crippen molar-refractivity contribution in [2.24, 2.45) is 0 Å². The quantitative estimate of drug-likeness (QED) is 0.156. The molecule has 16 heteroatoms. The number of carbonyl (C=O) groups excluding carboxylic acids is 1. The van der Waals surface area contributed by atoms with Gasteiger partial charge in [-0.1, -0.05) is 29.8 Å². The second kappa shape index (κ2) is 13.1. The van der Waals surface area contributed by atoms with Crippen molar-refractivity contribution in [2.45, 2.75) is 9.79 Å². The number of morpholine rings is 1. The summed E-state index contributed by atoms with van der Waals surface area (Å²) in [5, 5.41) is 13.9. The molecule has 5 rings (SSSR count). The van der Waals surface area contributed by atoms with Gasteiger partial charge in [0, 0.05) is 42.2 Å². The highest BCUT2D eigenvalue weighted by molar-refractivity contribution is 7.93. The normalized spacial score (nSPS) is 13.6. The van der Waals surface area contributed by atoms with Crippen LogP contribution in [0.15, 0.2) is 101 Å². The van der Waals surface area contributed by atoms with Gasteiger partial charge in [0.05, 0.1) is 39.4 Å². The van der Waals surface area contributed by atoms with Crippen LogP contribution in [0.3, 0.4) is 0 Å². The van der Waals surface area contributed by atoms with Crippen molar-refractivity contribution >= 4 is 66.0 Å². The van der Waals surface area contributed by atoms with Gasteiger partial charge in [-0.05, 0) is 60.7 Å². The summed E-state index contributed by atoms with van der Waals surface area (Å²) in [5.74, 6) is -0.579. The van der Waals surface area contributed by atoms with E-state index in [-0.39, 0.29) is 43.1 Å². The highest BCUT2D eigenvalue weighted by Crippen LogP contribution is 2.32. The summed E-state index contributed by atoms with van der Waals surface area (Å²) >= 11 is 6.20. The van der Waals surface area contributed by atoms with Crippen LogP contribution in [0.2, 0.25) is 5.02 Å². The second-order valence-corrected chi connectivity index (χ2v) is 13.5. The van der Waals surface area contributed by atoms with Crippen molar-refractivity contribution in [3.8, 4) is 0 Å². The molecule has 1 aliphatic rings. The van der Waals surface area contributed by atoms with E-state index in [1.807, 2.05) is 4.90 Å². The molecule has 4 aromatic carbocycles. The molecule has 0 aliphatic carbocycles. The molecule has 234 valence electrons. The smallest absolute Gasteiger partial charge is 0.270 e. The van der Waals surface area contributed by atoms with E-state index in [0.717, 1.165) is 6.07 Å². The summed E-state index contributed by atoms with van der Waals surface area (Å²) < 4.78 is 62.9. The van der Waals surface area contributed by atoms with Gasteiger partial charge in [0.25, 0.3) is 31.6 Å². The lowest BCUT2D eigenvalue weighted by atomic mass is 10.2. The van der Waals surface area contributed by atoms with Crippen LogP contribution < -0.4 is 19.7 Å². The molecule has 0 saturated carbocycles. The Morgan fingerprint density at radius 2 is 1.51 bits per heavy atom. The third-order valence-electron chi connectivity index (χ3n) is 6.72. The first kappa shape index (κ1) is 31.7. The molecule has 0 atom stereocenters. The highest BCUT2D eigenvalue weighted by Gasteiger charge is 2.25. The minimum Gasteiger partial charge on any atom is -0.378 e. The van der Waals surface area contributed by atoms with E-state index < -0.39 is 30.9 Å². The van der Waals surface area contributed by atoms with Crippen molar-refractivity contribution in [2.75, 3.05) is 46.0 Å². The van der Waals surface area contributed by atoms with Crippen LogP contribution >= 0.6 is 11.6 Å². The number of amides is 1. The van der Waals surface area contributed by atoms with Gasteiger partial charge in [0.15, 0.2) is 0 Å². The number of nitro benzene ring substituents is 1. The van der Waals surface area contributed by atoms with E-state index in [9.17, 15) is 31.7 Å². The Hall–Kier alpha value is -4.70. The van der Waals surface area contributed by atoms with E-state index in [2.05, 4.69) is 14.8 Å². The number of ether oxygens (including phenoxy) is 1. The predicted molar refractivity (Wildman–Crippen MR) is 170 cm³/mol. The maximum Gasteiger partial charge on any atom is 0.270 e. The largest absolute Gasteiger partial charge is 0.378 e. The van der Waals surface area contributed by atoms with Crippen molar-refractivity contribution in [3.05, 3.63) is 112 Å². The standard InChI is InChI=1S/C29H26ClN5O8S2/c30-25-6-1-2-7-26(25)33-45(41,42)28-18-22(12-13-27(28)34-14-16-43-17-15-34)31-29(36)20-8-10-21(11-9-20)32-44(39,40)24-5-3-4-23(19-24)35(37)38/h1-13,18-19,32-33H,14-17H2,(H,31,36). The fourth-order valence-electron chi connectivity index (χ4n) is 4.49. The van der Waals surface area contributed by atoms with E-state index in [1.165, 1.54) is 54.6 Å². The third kappa shape index (κ3) is 7.51. The van der Waals surface area contributed by atoms with Gasteiger partial charge in [-0.25, -0.2) is 16.8 Å². The van der Waals surface area contributed by atoms with Crippen LogP contribution in [-0.4, -0.2) is 54.0 Å². The number of rotatable bonds is 10. The Kier molecular flexibility index (Phi) is 9.24. The maximum atomic E-state index is 13.6. The van der Waals surface area contributed by atoms with Crippen LogP contribution in [0.5, 0.6) is 0 Å². The Bertz CT molecular complexity index is 1970. The Morgan fingerprint density at radius 3 is 2.20 bits per heavy atom. The van der Waals surface area contributed by atoms with Crippen molar-refractivity contribution < 1.29 is 31.3 Å². The zero-order chi connectivity index (χ0) is 32.2. The minimum atomic E-state index is -4.16. The molecule has 45 heavy (non-hydrogen) atoms. The van der Waals surface area contributed by atoms with Gasteiger partial charge < -0.3 is 15.0 Å². The summed E-state index contributed by atoms with van der Waals surface area (Å²) in [7, 11) is -8.31. The number of nitrogens with zero attached hydrogens (tertiary/aromatic N) is 2. The minimum absolute atomic E-state index is 0.0759. The lowest BCUT2D eigenvalue weighted by Gasteiger charge is -2.30. The molecule has 0 spiro atoms. The number of benzene rings is 4. The van der Waals surface area contributed by atoms with E-state index >= 15 is 0 Å². The summed E-state index contributed by atoms with van der Waals surface area (Å²) in [4.78, 5) is 24.9. The molecular formula is C29H26ClN5O8S2. The molecular weight excluding hydrogens is 646 g/mol. The lowest BCUT2D eigenvalue weighted by molar-refractivity contribution is -0.385. The van der Waals surface area contributed by atoms with Gasteiger partial charge in [0.1, 0.15) is 4.90 Å². The van der Waals surface area contributed by atoms with E-state index in [4.69, 9.17) is 16.3 Å². The number of anilines is 4. The van der Waals surface area contributed by atoms with Crippen LogP contribution in [0.25, 0.3) is 0 Å². The molecule has 4 aromatic rings. The highest BCUT2D eigenvalue weighted by atomic mass is 35.5. The number of halogens is 1. The van der Waals surface area contributed by atoms with Gasteiger partial charge in [0.2, 0.25) is 0 Å². The molecule has 13 nitrogen and oxygen atoms in total. The van der Waals surface area contributed by atoms with Gasteiger partial charge >= 0.3 is 0 Å². The molecule has 1 heterocycles. The molecule has 1 saturated heterocycles. The van der Waals surface area contributed by atoms with E-state index in [0.29, 0.717) is 32.0 Å². The number of non-ortho nitro benzene ring substituents is 1. The topological polar surface area (TPSA) is 177 Å². The third-order valence-corrected chi connectivity index (χ3v) is 9.82. The SMILES string of the molecule is O=C(Nc1ccc(N2CCOCC2)c(S(=O)(=O)Nc2ccccc2Cl)c1)c1ccc(NS(=O)(=O)c2cccc([N+](=O)[O-])c2)cc1. The monoisotopic (exact) mass is 671 g/mol. The molecule has 1 amide bonds. The predicted octanol–water partition coefficient (Wildman–Crippen LogP) is 4.94. The van der Waals surface area contributed by atoms with Crippen LogP contribution in [0.1, 0.15) is 10.4 Å². The fraction of sp³-hybridized carbons (Fsp3) is 0.138. The number of hydrogen-bond acceptors (Lipinski definition) is 9. The van der Waals surface area contributed by atoms with E-state index in [1.54, 1.807) is 30.3 Å². The number of nitrogens with one attached hydrogen (secondary N) is 3. The summed E-state index contributed by atoms with van der Waals surface area (Å²) in [6.45, 7) is 1.79. The van der Waals surface area contributed by atoms with Crippen LogP contribution in [0.4, 0.5) is 28.4 Å². The zero-order valence-corrected chi connectivity index (χ0v) is 25.7. The lowest BCUT2D eigenvalue weighted by Crippen LogP contribution is -2.37. The second-order valence-electron chi connectivity index (χ2n) is 9.76. The fourth-order valence-corrected chi connectivity index (χ4v) is 7.16. The Balaban J connectivity index is 1.36. The number of sulfonamides is 2. The average Bonchev–Trinajstić information content (AvgIpc) is 3.02. The summed E-state index contributed by atoms with van der Waals surface area (Å²) in [6, 6.07) is 21.0. The van der Waals surface area contributed by atoms with Crippen LogP contribution in [-0.2, 0) is 24.8 Å². The molecule has 1 aliphatic heterocycles. The Morgan fingerprint density at radius 1 is 0.822 bits per heavy atom. The van der Waals surface area contributed by atoms with Crippen molar-refractivity contribution in [1.29, 1.82) is 0 Å². The Labute approximate surface area is 264 Å². The summed E-state index contributed by atoms with van der Waals surface area (Å²) in [6.07, 6.45) is 0. The van der Waals surface area contributed by atoms with Crippen LogP contribution in [0, 0.1) is 10.1 Å².